The first-order chi connectivity index (χ1) is 10.7. The first kappa shape index (κ1) is 14.3. The van der Waals surface area contributed by atoms with Gasteiger partial charge in [-0.15, -0.1) is 0 Å². The lowest BCUT2D eigenvalue weighted by Gasteiger charge is -2.28. The predicted molar refractivity (Wildman–Crippen MR) is 76.7 cm³/mol. The molecule has 9 heteroatoms. The van der Waals surface area contributed by atoms with Gasteiger partial charge in [0.05, 0.1) is 25.1 Å². The molecule has 3 heterocycles. The Balaban J connectivity index is 1.66. The highest BCUT2D eigenvalue weighted by molar-refractivity contribution is 5.89. The molecule has 0 atom stereocenters. The van der Waals surface area contributed by atoms with Crippen molar-refractivity contribution in [1.82, 2.24) is 14.9 Å². The van der Waals surface area contributed by atoms with Crippen molar-refractivity contribution in [3.63, 3.8) is 0 Å². The molecule has 0 bridgehead atoms. The molecule has 0 aromatic carbocycles. The number of morpholine rings is 1. The number of hydrogen-bond donors (Lipinski definition) is 1. The van der Waals surface area contributed by atoms with Crippen LogP contribution in [-0.4, -0.2) is 47.1 Å². The van der Waals surface area contributed by atoms with Crippen LogP contribution in [0.15, 0.2) is 33.9 Å². The second-order valence-electron chi connectivity index (χ2n) is 4.74. The van der Waals surface area contributed by atoms with E-state index < -0.39 is 5.91 Å². The largest absolute Gasteiger partial charge is 0.378 e. The maximum atomic E-state index is 12.0. The fourth-order valence-corrected chi connectivity index (χ4v) is 2.13. The highest BCUT2D eigenvalue weighted by Gasteiger charge is 2.14. The zero-order chi connectivity index (χ0) is 15.4. The van der Waals surface area contributed by atoms with E-state index in [-0.39, 0.29) is 12.1 Å². The second kappa shape index (κ2) is 6.39. The maximum absolute atomic E-state index is 12.0. The van der Waals surface area contributed by atoms with E-state index in [1.165, 1.54) is 18.4 Å². The van der Waals surface area contributed by atoms with Gasteiger partial charge < -0.3 is 19.5 Å². The minimum Gasteiger partial charge on any atom is -0.378 e. The Labute approximate surface area is 125 Å². The van der Waals surface area contributed by atoms with E-state index >= 15 is 0 Å². The Morgan fingerprint density at radius 2 is 2.18 bits per heavy atom. The first-order valence-corrected chi connectivity index (χ1v) is 6.82. The molecule has 1 aliphatic rings. The lowest BCUT2D eigenvalue weighted by Crippen LogP contribution is -2.38. The van der Waals surface area contributed by atoms with Crippen LogP contribution < -0.4 is 15.8 Å². The summed E-state index contributed by atoms with van der Waals surface area (Å²) in [6, 6.07) is 2.98. The van der Waals surface area contributed by atoms with Gasteiger partial charge in [0.1, 0.15) is 12.8 Å². The van der Waals surface area contributed by atoms with Crippen LogP contribution in [0.3, 0.4) is 0 Å². The van der Waals surface area contributed by atoms with E-state index in [1.807, 2.05) is 4.90 Å². The smallest absolute Gasteiger partial charge is 0.269 e. The molecule has 0 aliphatic carbocycles. The summed E-state index contributed by atoms with van der Waals surface area (Å²) < 4.78 is 11.0. The average molecular weight is 305 g/mol. The Kier molecular flexibility index (Phi) is 4.15. The van der Waals surface area contributed by atoms with Crippen molar-refractivity contribution in [2.24, 2.45) is 0 Å². The number of nitrogens with one attached hydrogen (secondary N) is 1. The van der Waals surface area contributed by atoms with E-state index in [0.29, 0.717) is 19.0 Å². The quantitative estimate of drug-likeness (QED) is 0.827. The number of carbonyl (C=O) groups excluding carboxylic acids is 1. The van der Waals surface area contributed by atoms with Crippen LogP contribution in [0.4, 0.5) is 11.5 Å². The Bertz CT molecular complexity index is 691. The topological polar surface area (TPSA) is 102 Å². The molecule has 0 saturated carbocycles. The highest BCUT2D eigenvalue weighted by Crippen LogP contribution is 2.11. The molecule has 1 N–H and O–H groups in total. The van der Waals surface area contributed by atoms with Gasteiger partial charge in [-0.3, -0.25) is 9.59 Å². The molecule has 1 saturated heterocycles. The van der Waals surface area contributed by atoms with Crippen LogP contribution in [0.5, 0.6) is 0 Å². The molecule has 3 rings (SSSR count). The van der Waals surface area contributed by atoms with Crippen LogP contribution in [0.25, 0.3) is 0 Å². The van der Waals surface area contributed by atoms with Gasteiger partial charge in [0.15, 0.2) is 5.82 Å². The van der Waals surface area contributed by atoms with Gasteiger partial charge in [-0.1, -0.05) is 5.16 Å². The molecule has 1 fully saturated rings. The first-order valence-electron chi connectivity index (χ1n) is 6.82. The van der Waals surface area contributed by atoms with Gasteiger partial charge in [-0.2, -0.15) is 5.10 Å². The Hall–Kier alpha value is -2.68. The molecule has 2 aromatic heterocycles. The molecular formula is C13H15N5O4. The Morgan fingerprint density at radius 3 is 2.86 bits per heavy atom. The van der Waals surface area contributed by atoms with E-state index in [1.54, 1.807) is 6.20 Å². The third-order valence-electron chi connectivity index (χ3n) is 3.23. The monoisotopic (exact) mass is 305 g/mol. The summed E-state index contributed by atoms with van der Waals surface area (Å²) in [5, 5.41) is 10.1. The van der Waals surface area contributed by atoms with Crippen LogP contribution in [0.2, 0.25) is 0 Å². The Morgan fingerprint density at radius 1 is 1.36 bits per heavy atom. The van der Waals surface area contributed by atoms with Gasteiger partial charge in [-0.25, -0.2) is 4.68 Å². The van der Waals surface area contributed by atoms with Crippen molar-refractivity contribution in [2.45, 2.75) is 6.54 Å². The SMILES string of the molecule is O=C(Cn1ncc(N2CCOCC2)cc1=O)Nc1ccon1. The summed E-state index contributed by atoms with van der Waals surface area (Å²) in [5.74, 6) is -0.106. The van der Waals surface area contributed by atoms with Gasteiger partial charge in [-0.05, 0) is 0 Å². The van der Waals surface area contributed by atoms with Crippen LogP contribution in [0.1, 0.15) is 0 Å². The lowest BCUT2D eigenvalue weighted by atomic mass is 10.3. The molecule has 0 unspecified atom stereocenters. The third-order valence-corrected chi connectivity index (χ3v) is 3.23. The summed E-state index contributed by atoms with van der Waals surface area (Å²) in [7, 11) is 0. The number of nitrogens with zero attached hydrogens (tertiary/aromatic N) is 4. The summed E-state index contributed by atoms with van der Waals surface area (Å²) in [6.07, 6.45) is 2.92. The van der Waals surface area contributed by atoms with Crippen LogP contribution in [-0.2, 0) is 16.1 Å². The molecule has 0 spiro atoms. The number of carbonyl (C=O) groups is 1. The number of hydrogen-bond acceptors (Lipinski definition) is 7. The second-order valence-corrected chi connectivity index (χ2v) is 4.74. The van der Waals surface area contributed by atoms with Gasteiger partial charge in [0.25, 0.3) is 5.56 Å². The van der Waals surface area contributed by atoms with Gasteiger partial charge in [0, 0.05) is 25.2 Å². The standard InChI is InChI=1S/C13H15N5O4/c19-12(15-11-1-4-22-16-11)9-18-13(20)7-10(8-14-18)17-2-5-21-6-3-17/h1,4,7-8H,2-3,5-6,9H2,(H,15,16,19). The van der Waals surface area contributed by atoms with Crippen LogP contribution in [0, 0.1) is 0 Å². The number of rotatable bonds is 4. The molecule has 116 valence electrons. The van der Waals surface area contributed by atoms with Gasteiger partial charge in [0.2, 0.25) is 5.91 Å². The molecule has 9 nitrogen and oxygen atoms in total. The fraction of sp³-hybridized carbons (Fsp3) is 0.385. The molecule has 22 heavy (non-hydrogen) atoms. The summed E-state index contributed by atoms with van der Waals surface area (Å²) >= 11 is 0. The maximum Gasteiger partial charge on any atom is 0.269 e. The minimum atomic E-state index is -0.400. The van der Waals surface area contributed by atoms with E-state index in [4.69, 9.17) is 4.74 Å². The number of aromatic nitrogens is 3. The third kappa shape index (κ3) is 3.31. The van der Waals surface area contributed by atoms with Crippen molar-refractivity contribution in [3.8, 4) is 0 Å². The van der Waals surface area contributed by atoms with E-state index in [0.717, 1.165) is 23.5 Å². The van der Waals surface area contributed by atoms with Crippen LogP contribution >= 0.6 is 0 Å². The van der Waals surface area contributed by atoms with E-state index in [2.05, 4.69) is 20.1 Å². The van der Waals surface area contributed by atoms with Crippen molar-refractivity contribution in [1.29, 1.82) is 0 Å². The lowest BCUT2D eigenvalue weighted by molar-refractivity contribution is -0.117. The van der Waals surface area contributed by atoms with Crippen molar-refractivity contribution in [3.05, 3.63) is 34.9 Å². The molecule has 1 amide bonds. The number of ether oxygens (including phenoxy) is 1. The van der Waals surface area contributed by atoms with Crippen molar-refractivity contribution in [2.75, 3.05) is 36.5 Å². The van der Waals surface area contributed by atoms with Crippen molar-refractivity contribution >= 4 is 17.4 Å². The predicted octanol–water partition coefficient (Wildman–Crippen LogP) is -0.293. The summed E-state index contributed by atoms with van der Waals surface area (Å²) in [5.41, 5.74) is 0.403. The van der Waals surface area contributed by atoms with Gasteiger partial charge >= 0.3 is 0 Å². The van der Waals surface area contributed by atoms with Crippen molar-refractivity contribution < 1.29 is 14.1 Å². The normalized spacial score (nSPS) is 14.8. The average Bonchev–Trinajstić information content (AvgIpc) is 3.03. The zero-order valence-corrected chi connectivity index (χ0v) is 11.8. The number of anilines is 2. The molecule has 1 aliphatic heterocycles. The highest BCUT2D eigenvalue weighted by atomic mass is 16.5. The fourth-order valence-electron chi connectivity index (χ4n) is 2.13. The molecular weight excluding hydrogens is 290 g/mol. The minimum absolute atomic E-state index is 0.185. The summed E-state index contributed by atoms with van der Waals surface area (Å²) in [6.45, 7) is 2.51. The zero-order valence-electron chi connectivity index (χ0n) is 11.8. The number of amides is 1. The summed E-state index contributed by atoms with van der Waals surface area (Å²) in [4.78, 5) is 25.9. The molecule has 0 radical (unpaired) electrons. The van der Waals surface area contributed by atoms with E-state index in [9.17, 15) is 9.59 Å². The molecule has 2 aromatic rings.